The maximum atomic E-state index is 12.2. The van der Waals surface area contributed by atoms with E-state index in [1.54, 1.807) is 12.4 Å². The van der Waals surface area contributed by atoms with Gasteiger partial charge < -0.3 is 14.6 Å². The Morgan fingerprint density at radius 2 is 2.15 bits per heavy atom. The molecule has 138 valence electrons. The number of carbonyl (C=O) groups is 1. The molecule has 0 bridgehead atoms. The number of hydrogen-bond donors (Lipinski definition) is 1. The van der Waals surface area contributed by atoms with Crippen LogP contribution in [0.25, 0.3) is 11.4 Å². The van der Waals surface area contributed by atoms with Crippen molar-refractivity contribution in [3.05, 3.63) is 54.2 Å². The van der Waals surface area contributed by atoms with Gasteiger partial charge in [-0.3, -0.25) is 9.78 Å². The Morgan fingerprint density at radius 3 is 2.89 bits per heavy atom. The zero-order chi connectivity index (χ0) is 18.5. The molecule has 0 aromatic carbocycles. The molecule has 1 fully saturated rings. The third-order valence-corrected chi connectivity index (χ3v) is 4.16. The van der Waals surface area contributed by atoms with E-state index < -0.39 is 0 Å². The van der Waals surface area contributed by atoms with E-state index in [9.17, 15) is 4.79 Å². The molecule has 3 aromatic heterocycles. The van der Waals surface area contributed by atoms with E-state index in [1.807, 2.05) is 12.1 Å². The molecule has 0 saturated carbocycles. The summed E-state index contributed by atoms with van der Waals surface area (Å²) in [5.41, 5.74) is 1.18. The van der Waals surface area contributed by atoms with Gasteiger partial charge in [0.25, 0.3) is 11.8 Å². The van der Waals surface area contributed by atoms with Crippen molar-refractivity contribution in [1.29, 1.82) is 0 Å². The molecule has 27 heavy (non-hydrogen) atoms. The van der Waals surface area contributed by atoms with Crippen molar-refractivity contribution >= 4 is 5.91 Å². The fraction of sp³-hybridized carbons (Fsp3) is 0.333. The van der Waals surface area contributed by atoms with Crippen LogP contribution in [0.4, 0.5) is 0 Å². The summed E-state index contributed by atoms with van der Waals surface area (Å²) in [6, 6.07) is 3.67. The average Bonchev–Trinajstić information content (AvgIpc) is 3.40. The molecule has 1 amide bonds. The number of carbonyl (C=O) groups excluding carboxylic acids is 1. The van der Waals surface area contributed by atoms with E-state index >= 15 is 0 Å². The van der Waals surface area contributed by atoms with Gasteiger partial charge in [0.2, 0.25) is 0 Å². The van der Waals surface area contributed by atoms with Gasteiger partial charge in [0.05, 0.1) is 5.56 Å². The third-order valence-electron chi connectivity index (χ3n) is 4.16. The van der Waals surface area contributed by atoms with Gasteiger partial charge in [-0.1, -0.05) is 5.16 Å². The van der Waals surface area contributed by atoms with E-state index in [0.717, 1.165) is 25.0 Å². The number of nitrogens with zero attached hydrogens (tertiary/aromatic N) is 5. The molecule has 9 nitrogen and oxygen atoms in total. The zero-order valence-corrected chi connectivity index (χ0v) is 14.5. The number of aromatic nitrogens is 5. The molecule has 1 aliphatic heterocycles. The van der Waals surface area contributed by atoms with Gasteiger partial charge in [0, 0.05) is 49.9 Å². The summed E-state index contributed by atoms with van der Waals surface area (Å²) in [5, 5.41) is 6.73. The maximum absolute atomic E-state index is 12.2. The fourth-order valence-corrected chi connectivity index (χ4v) is 2.75. The third kappa shape index (κ3) is 4.14. The highest BCUT2D eigenvalue weighted by atomic mass is 16.5. The first-order valence-corrected chi connectivity index (χ1v) is 8.74. The van der Waals surface area contributed by atoms with Gasteiger partial charge in [-0.25, -0.2) is 9.97 Å². The van der Waals surface area contributed by atoms with Crippen LogP contribution < -0.4 is 5.32 Å². The first kappa shape index (κ1) is 17.2. The van der Waals surface area contributed by atoms with Crippen LogP contribution in [0.1, 0.15) is 41.0 Å². The summed E-state index contributed by atoms with van der Waals surface area (Å²) < 4.78 is 10.7. The van der Waals surface area contributed by atoms with E-state index in [2.05, 4.69) is 30.4 Å². The number of ether oxygens (including phenoxy) is 1. The Hall–Kier alpha value is -3.20. The molecule has 0 aliphatic carbocycles. The lowest BCUT2D eigenvalue weighted by atomic mass is 10.2. The lowest BCUT2D eigenvalue weighted by molar-refractivity contribution is 0.0835. The molecule has 0 unspecified atom stereocenters. The van der Waals surface area contributed by atoms with Crippen LogP contribution in [0, 0.1) is 0 Å². The smallest absolute Gasteiger partial charge is 0.255 e. The molecule has 9 heteroatoms. The Balaban J connectivity index is 1.29. The highest BCUT2D eigenvalue weighted by Gasteiger charge is 2.23. The van der Waals surface area contributed by atoms with E-state index in [-0.39, 0.29) is 12.0 Å². The molecule has 1 N–H and O–H groups in total. The largest absolute Gasteiger partial charge is 0.368 e. The Kier molecular flexibility index (Phi) is 5.10. The second-order valence-electron chi connectivity index (χ2n) is 6.09. The molecular weight excluding hydrogens is 348 g/mol. The molecule has 3 aromatic rings. The molecule has 1 atom stereocenters. The first-order chi connectivity index (χ1) is 13.3. The van der Waals surface area contributed by atoms with E-state index in [0.29, 0.717) is 36.1 Å². The van der Waals surface area contributed by atoms with Gasteiger partial charge in [-0.2, -0.15) is 4.98 Å². The van der Waals surface area contributed by atoms with Crippen LogP contribution in [0.5, 0.6) is 0 Å². The van der Waals surface area contributed by atoms with Crippen LogP contribution in [-0.2, 0) is 11.2 Å². The molecule has 0 radical (unpaired) electrons. The summed E-state index contributed by atoms with van der Waals surface area (Å²) >= 11 is 0. The van der Waals surface area contributed by atoms with Crippen LogP contribution in [0.3, 0.4) is 0 Å². The number of rotatable bonds is 6. The van der Waals surface area contributed by atoms with E-state index in [1.165, 1.54) is 12.4 Å². The summed E-state index contributed by atoms with van der Waals surface area (Å²) in [6.45, 7) is 1.10. The fourth-order valence-electron chi connectivity index (χ4n) is 2.75. The second-order valence-corrected chi connectivity index (χ2v) is 6.09. The molecule has 0 spiro atoms. The number of nitrogens with one attached hydrogen (secondary N) is 1. The van der Waals surface area contributed by atoms with Crippen molar-refractivity contribution in [1.82, 2.24) is 30.4 Å². The lowest BCUT2D eigenvalue weighted by Gasteiger charge is -2.04. The van der Waals surface area contributed by atoms with E-state index in [4.69, 9.17) is 9.26 Å². The minimum absolute atomic E-state index is 0.101. The van der Waals surface area contributed by atoms with Crippen LogP contribution >= 0.6 is 0 Å². The topological polar surface area (TPSA) is 116 Å². The summed E-state index contributed by atoms with van der Waals surface area (Å²) in [6.07, 6.45) is 8.60. The van der Waals surface area contributed by atoms with Gasteiger partial charge in [-0.05, 0) is 25.0 Å². The first-order valence-electron chi connectivity index (χ1n) is 8.74. The van der Waals surface area contributed by atoms with Crippen molar-refractivity contribution < 1.29 is 14.1 Å². The van der Waals surface area contributed by atoms with Crippen LogP contribution in [0.15, 0.2) is 41.4 Å². The van der Waals surface area contributed by atoms with Crippen LogP contribution in [-0.4, -0.2) is 44.2 Å². The second kappa shape index (κ2) is 8.00. The molecular formula is C18H18N6O3. The van der Waals surface area contributed by atoms with Crippen molar-refractivity contribution in [2.45, 2.75) is 25.4 Å². The summed E-state index contributed by atoms with van der Waals surface area (Å²) in [5.74, 6) is 1.32. The van der Waals surface area contributed by atoms with Crippen molar-refractivity contribution in [3.63, 3.8) is 0 Å². The summed E-state index contributed by atoms with van der Waals surface area (Å²) in [4.78, 5) is 29.0. The van der Waals surface area contributed by atoms with Crippen LogP contribution in [0.2, 0.25) is 0 Å². The maximum Gasteiger partial charge on any atom is 0.255 e. The highest BCUT2D eigenvalue weighted by Crippen LogP contribution is 2.26. The quantitative estimate of drug-likeness (QED) is 0.701. The standard InChI is InChI=1S/C18H18N6O3/c25-17(13-10-21-16(22-11-13)12-3-1-6-19-9-12)20-7-5-15-23-18(27-24-15)14-4-2-8-26-14/h1,3,6,9-11,14H,2,4-5,7-8H2,(H,20,25)/t14-/m0/s1. The summed E-state index contributed by atoms with van der Waals surface area (Å²) in [7, 11) is 0. The normalized spacial score (nSPS) is 16.4. The Bertz CT molecular complexity index is 891. The molecule has 4 heterocycles. The van der Waals surface area contributed by atoms with Gasteiger partial charge >= 0.3 is 0 Å². The molecule has 4 rings (SSSR count). The van der Waals surface area contributed by atoms with Gasteiger partial charge in [0.1, 0.15) is 6.10 Å². The SMILES string of the molecule is O=C(NCCc1noc([C@@H]2CCCO2)n1)c1cnc(-c2cccnc2)nc1. The lowest BCUT2D eigenvalue weighted by Crippen LogP contribution is -2.26. The van der Waals surface area contributed by atoms with Crippen molar-refractivity contribution in [2.24, 2.45) is 0 Å². The van der Waals surface area contributed by atoms with Gasteiger partial charge in [0.15, 0.2) is 11.6 Å². The average molecular weight is 366 g/mol. The number of pyridine rings is 1. The number of hydrogen-bond acceptors (Lipinski definition) is 8. The zero-order valence-electron chi connectivity index (χ0n) is 14.5. The monoisotopic (exact) mass is 366 g/mol. The number of amides is 1. The minimum Gasteiger partial charge on any atom is -0.368 e. The van der Waals surface area contributed by atoms with Gasteiger partial charge in [-0.15, -0.1) is 0 Å². The van der Waals surface area contributed by atoms with Crippen molar-refractivity contribution in [3.8, 4) is 11.4 Å². The minimum atomic E-state index is -0.254. The molecule has 1 aliphatic rings. The highest BCUT2D eigenvalue weighted by molar-refractivity contribution is 5.93. The Morgan fingerprint density at radius 1 is 1.26 bits per heavy atom. The van der Waals surface area contributed by atoms with Crippen molar-refractivity contribution in [2.75, 3.05) is 13.2 Å². The predicted octanol–water partition coefficient (Wildman–Crippen LogP) is 1.75. The molecule has 1 saturated heterocycles. The Labute approximate surface area is 155 Å². The predicted molar refractivity (Wildman–Crippen MR) is 93.5 cm³/mol.